The van der Waals surface area contributed by atoms with Gasteiger partial charge >= 0.3 is 0 Å². The summed E-state index contributed by atoms with van der Waals surface area (Å²) in [6, 6.07) is 5.78. The summed E-state index contributed by atoms with van der Waals surface area (Å²) in [5, 5.41) is 12.3. The summed E-state index contributed by atoms with van der Waals surface area (Å²) < 4.78 is 2.78. The van der Waals surface area contributed by atoms with Crippen molar-refractivity contribution in [3.05, 3.63) is 22.7 Å². The topological polar surface area (TPSA) is 69.6 Å². The zero-order chi connectivity index (χ0) is 14.9. The van der Waals surface area contributed by atoms with Gasteiger partial charge in [-0.3, -0.25) is 0 Å². The predicted molar refractivity (Wildman–Crippen MR) is 86.6 cm³/mol. The standard InChI is InChI=1S/C15H20BrN5/c1-15(8-3-2-4-9-15)10-21-14(18-19-20-21)11-6-5-7-12(17)13(11)16/h5-7H,2-4,8-10,17H2,1H3. The molecule has 0 radical (unpaired) electrons. The Bertz CT molecular complexity index is 631. The molecule has 0 amide bonds. The van der Waals surface area contributed by atoms with Crippen molar-refractivity contribution in [1.82, 2.24) is 20.2 Å². The molecule has 0 bridgehead atoms. The van der Waals surface area contributed by atoms with Crippen molar-refractivity contribution in [2.45, 2.75) is 45.6 Å². The van der Waals surface area contributed by atoms with Gasteiger partial charge in [0.1, 0.15) is 0 Å². The summed E-state index contributed by atoms with van der Waals surface area (Å²) in [7, 11) is 0. The van der Waals surface area contributed by atoms with E-state index in [1.165, 1.54) is 32.1 Å². The summed E-state index contributed by atoms with van der Waals surface area (Å²) in [6.07, 6.45) is 6.43. The highest BCUT2D eigenvalue weighted by Gasteiger charge is 2.29. The van der Waals surface area contributed by atoms with Crippen LogP contribution >= 0.6 is 15.9 Å². The minimum atomic E-state index is 0.287. The van der Waals surface area contributed by atoms with E-state index in [1.807, 2.05) is 22.9 Å². The molecule has 1 heterocycles. The second kappa shape index (κ2) is 5.75. The normalized spacial score (nSPS) is 17.8. The number of nitrogen functional groups attached to an aromatic ring is 1. The third-order valence-corrected chi connectivity index (χ3v) is 5.28. The second-order valence-electron chi connectivity index (χ2n) is 6.24. The number of benzene rings is 1. The molecule has 5 nitrogen and oxygen atoms in total. The van der Waals surface area contributed by atoms with Crippen LogP contribution in [0.1, 0.15) is 39.0 Å². The summed E-state index contributed by atoms with van der Waals surface area (Å²) in [6.45, 7) is 3.20. The average Bonchev–Trinajstić information content (AvgIpc) is 2.90. The Kier molecular flexibility index (Phi) is 3.97. The van der Waals surface area contributed by atoms with E-state index in [0.717, 1.165) is 22.4 Å². The fourth-order valence-electron chi connectivity index (χ4n) is 3.15. The van der Waals surface area contributed by atoms with Gasteiger partial charge in [0.05, 0.1) is 11.0 Å². The van der Waals surface area contributed by atoms with Crippen molar-refractivity contribution in [2.24, 2.45) is 5.41 Å². The molecule has 1 aromatic carbocycles. The van der Waals surface area contributed by atoms with Crippen LogP contribution in [0.2, 0.25) is 0 Å². The van der Waals surface area contributed by atoms with Gasteiger partial charge < -0.3 is 5.73 Å². The van der Waals surface area contributed by atoms with Gasteiger partial charge in [-0.25, -0.2) is 4.68 Å². The van der Waals surface area contributed by atoms with Crippen LogP contribution in [0.25, 0.3) is 11.4 Å². The molecule has 1 aliphatic rings. The second-order valence-corrected chi connectivity index (χ2v) is 7.03. The van der Waals surface area contributed by atoms with Crippen molar-refractivity contribution in [1.29, 1.82) is 0 Å². The minimum absolute atomic E-state index is 0.287. The Hall–Kier alpha value is -1.43. The lowest BCUT2D eigenvalue weighted by Gasteiger charge is -2.33. The summed E-state index contributed by atoms with van der Waals surface area (Å²) >= 11 is 3.54. The largest absolute Gasteiger partial charge is 0.398 e. The maximum Gasteiger partial charge on any atom is 0.183 e. The molecule has 2 aromatic rings. The highest BCUT2D eigenvalue weighted by molar-refractivity contribution is 9.10. The van der Waals surface area contributed by atoms with Crippen LogP contribution in [0, 0.1) is 5.41 Å². The minimum Gasteiger partial charge on any atom is -0.398 e. The Balaban J connectivity index is 1.92. The maximum absolute atomic E-state index is 5.96. The Morgan fingerprint density at radius 2 is 2.05 bits per heavy atom. The van der Waals surface area contributed by atoms with Gasteiger partial charge in [-0.05, 0) is 56.7 Å². The molecule has 1 aromatic heterocycles. The first kappa shape index (κ1) is 14.5. The van der Waals surface area contributed by atoms with Gasteiger partial charge in [0.2, 0.25) is 0 Å². The Morgan fingerprint density at radius 1 is 1.29 bits per heavy atom. The average molecular weight is 350 g/mol. The first-order valence-corrected chi connectivity index (χ1v) is 8.19. The molecular formula is C15H20BrN5. The fraction of sp³-hybridized carbons (Fsp3) is 0.533. The molecule has 0 aliphatic heterocycles. The highest BCUT2D eigenvalue weighted by atomic mass is 79.9. The molecule has 0 unspecified atom stereocenters. The van der Waals surface area contributed by atoms with Crippen LogP contribution in [0.4, 0.5) is 5.69 Å². The molecule has 1 aliphatic carbocycles. The maximum atomic E-state index is 5.96. The zero-order valence-electron chi connectivity index (χ0n) is 12.2. The number of tetrazole rings is 1. The predicted octanol–water partition coefficient (Wildman–Crippen LogP) is 3.66. The lowest BCUT2D eigenvalue weighted by molar-refractivity contribution is 0.175. The first-order valence-electron chi connectivity index (χ1n) is 7.40. The Morgan fingerprint density at radius 3 is 2.81 bits per heavy atom. The molecule has 112 valence electrons. The number of anilines is 1. The number of halogens is 1. The van der Waals surface area contributed by atoms with Gasteiger partial charge in [-0.15, -0.1) is 5.10 Å². The molecule has 3 rings (SSSR count). The summed E-state index contributed by atoms with van der Waals surface area (Å²) in [5.41, 5.74) is 7.89. The monoisotopic (exact) mass is 349 g/mol. The third-order valence-electron chi connectivity index (χ3n) is 4.39. The van der Waals surface area contributed by atoms with Crippen molar-refractivity contribution in [3.8, 4) is 11.4 Å². The van der Waals surface area contributed by atoms with Crippen molar-refractivity contribution in [3.63, 3.8) is 0 Å². The van der Waals surface area contributed by atoms with E-state index in [4.69, 9.17) is 5.73 Å². The molecule has 2 N–H and O–H groups in total. The van der Waals surface area contributed by atoms with E-state index in [-0.39, 0.29) is 5.41 Å². The van der Waals surface area contributed by atoms with E-state index in [2.05, 4.69) is 38.4 Å². The van der Waals surface area contributed by atoms with E-state index in [9.17, 15) is 0 Å². The van der Waals surface area contributed by atoms with Gasteiger partial charge in [-0.2, -0.15) is 0 Å². The molecule has 1 fully saturated rings. The van der Waals surface area contributed by atoms with Gasteiger partial charge in [0, 0.05) is 11.3 Å². The van der Waals surface area contributed by atoms with Gasteiger partial charge in [0.25, 0.3) is 0 Å². The number of rotatable bonds is 3. The summed E-state index contributed by atoms with van der Waals surface area (Å²) in [4.78, 5) is 0. The van der Waals surface area contributed by atoms with Crippen LogP contribution in [-0.2, 0) is 6.54 Å². The van der Waals surface area contributed by atoms with Crippen molar-refractivity contribution in [2.75, 3.05) is 5.73 Å². The molecule has 0 atom stereocenters. The molecular weight excluding hydrogens is 330 g/mol. The van der Waals surface area contributed by atoms with E-state index in [1.54, 1.807) is 0 Å². The third kappa shape index (κ3) is 2.95. The lowest BCUT2D eigenvalue weighted by atomic mass is 9.76. The Labute approximate surface area is 133 Å². The number of nitrogens with two attached hydrogens (primary N) is 1. The molecule has 0 spiro atoms. The molecule has 21 heavy (non-hydrogen) atoms. The van der Waals surface area contributed by atoms with Crippen LogP contribution in [-0.4, -0.2) is 20.2 Å². The SMILES string of the molecule is CC1(Cn2nnnc2-c2cccc(N)c2Br)CCCCC1. The molecule has 6 heteroatoms. The first-order chi connectivity index (χ1) is 10.1. The van der Waals surface area contributed by atoms with E-state index >= 15 is 0 Å². The van der Waals surface area contributed by atoms with Crippen LogP contribution in [0.3, 0.4) is 0 Å². The smallest absolute Gasteiger partial charge is 0.183 e. The van der Waals surface area contributed by atoms with Crippen LogP contribution in [0.15, 0.2) is 22.7 Å². The van der Waals surface area contributed by atoms with Crippen LogP contribution < -0.4 is 5.73 Å². The number of hydrogen-bond acceptors (Lipinski definition) is 4. The number of hydrogen-bond donors (Lipinski definition) is 1. The number of nitrogens with zero attached hydrogens (tertiary/aromatic N) is 4. The van der Waals surface area contributed by atoms with Gasteiger partial charge in [-0.1, -0.05) is 32.3 Å². The van der Waals surface area contributed by atoms with Crippen molar-refractivity contribution >= 4 is 21.6 Å². The molecule has 1 saturated carbocycles. The van der Waals surface area contributed by atoms with Crippen molar-refractivity contribution < 1.29 is 0 Å². The van der Waals surface area contributed by atoms with E-state index in [0.29, 0.717) is 5.69 Å². The van der Waals surface area contributed by atoms with Crippen LogP contribution in [0.5, 0.6) is 0 Å². The molecule has 0 saturated heterocycles. The number of aromatic nitrogens is 4. The lowest BCUT2D eigenvalue weighted by Crippen LogP contribution is -2.27. The van der Waals surface area contributed by atoms with E-state index < -0.39 is 0 Å². The highest BCUT2D eigenvalue weighted by Crippen LogP contribution is 2.38. The zero-order valence-corrected chi connectivity index (χ0v) is 13.8. The summed E-state index contributed by atoms with van der Waals surface area (Å²) in [5.74, 6) is 0.779. The quantitative estimate of drug-likeness (QED) is 0.858. The fourth-order valence-corrected chi connectivity index (χ4v) is 3.59. The van der Waals surface area contributed by atoms with Gasteiger partial charge in [0.15, 0.2) is 5.82 Å².